The van der Waals surface area contributed by atoms with E-state index in [1.807, 2.05) is 19.0 Å². The first-order valence-corrected chi connectivity index (χ1v) is 7.98. The molecule has 9 heteroatoms. The molecule has 146 valence electrons. The average molecular weight is 384 g/mol. The highest BCUT2D eigenvalue weighted by atomic mass is 19.4. The molecule has 0 aliphatic carbocycles. The first-order chi connectivity index (χ1) is 12.6. The number of ether oxygens (including phenoxy) is 1. The standard InChI is InChI=1S/C18H20F4N4O/c1-26(2)11-13-8-7-12(9-14(13)19)10-24-17(23)25-15-5-3-4-6-16(15)27-18(20,21)22/h3-9H,10-11H2,1-2H3,(H3,23,24,25). The van der Waals surface area contributed by atoms with Crippen molar-refractivity contribution >= 4 is 11.6 Å². The van der Waals surface area contributed by atoms with Crippen LogP contribution in [0.4, 0.5) is 23.2 Å². The average Bonchev–Trinajstić information content (AvgIpc) is 2.55. The normalized spacial score (nSPS) is 12.3. The molecule has 0 unspecified atom stereocenters. The van der Waals surface area contributed by atoms with Crippen molar-refractivity contribution in [2.45, 2.75) is 19.5 Å². The zero-order valence-electron chi connectivity index (χ0n) is 14.8. The van der Waals surface area contributed by atoms with Crippen LogP contribution in [-0.2, 0) is 13.1 Å². The van der Waals surface area contributed by atoms with E-state index in [1.165, 1.54) is 24.3 Å². The Hall–Kier alpha value is -2.81. The van der Waals surface area contributed by atoms with Gasteiger partial charge in [-0.15, -0.1) is 13.2 Å². The second-order valence-electron chi connectivity index (χ2n) is 6.03. The third-order valence-electron chi connectivity index (χ3n) is 3.41. The molecule has 2 aromatic rings. The van der Waals surface area contributed by atoms with E-state index in [9.17, 15) is 17.6 Å². The van der Waals surface area contributed by atoms with E-state index in [0.717, 1.165) is 6.07 Å². The second kappa shape index (κ2) is 8.72. The molecule has 0 heterocycles. The number of nitrogens with one attached hydrogen (secondary N) is 1. The Kier molecular flexibility index (Phi) is 6.62. The minimum atomic E-state index is -4.82. The van der Waals surface area contributed by atoms with Gasteiger partial charge in [0.05, 0.1) is 12.2 Å². The van der Waals surface area contributed by atoms with Gasteiger partial charge >= 0.3 is 6.36 Å². The summed E-state index contributed by atoms with van der Waals surface area (Å²) >= 11 is 0. The third-order valence-corrected chi connectivity index (χ3v) is 3.41. The van der Waals surface area contributed by atoms with Crippen LogP contribution in [-0.4, -0.2) is 31.3 Å². The molecule has 0 saturated carbocycles. The molecule has 2 rings (SSSR count). The molecule has 0 amide bonds. The number of anilines is 1. The maximum atomic E-state index is 14.0. The Labute approximate surface area is 154 Å². The predicted molar refractivity (Wildman–Crippen MR) is 95.9 cm³/mol. The van der Waals surface area contributed by atoms with Gasteiger partial charge in [-0.05, 0) is 37.9 Å². The SMILES string of the molecule is CN(C)Cc1ccc(CN=C(N)Nc2ccccc2OC(F)(F)F)cc1F. The molecular formula is C18H20F4N4O. The molecule has 3 N–H and O–H groups in total. The summed E-state index contributed by atoms with van der Waals surface area (Å²) in [6.45, 7) is 0.537. The predicted octanol–water partition coefficient (Wildman–Crippen LogP) is 3.71. The first-order valence-electron chi connectivity index (χ1n) is 7.98. The van der Waals surface area contributed by atoms with Crippen molar-refractivity contribution in [3.8, 4) is 5.75 Å². The summed E-state index contributed by atoms with van der Waals surface area (Å²) in [5.41, 5.74) is 6.87. The Morgan fingerprint density at radius 2 is 1.89 bits per heavy atom. The molecule has 0 spiro atoms. The van der Waals surface area contributed by atoms with Crippen molar-refractivity contribution < 1.29 is 22.3 Å². The topological polar surface area (TPSA) is 62.9 Å². The van der Waals surface area contributed by atoms with Gasteiger partial charge in [0.2, 0.25) is 0 Å². The van der Waals surface area contributed by atoms with E-state index in [2.05, 4.69) is 15.0 Å². The number of para-hydroxylation sites is 2. The largest absolute Gasteiger partial charge is 0.573 e. The molecule has 0 bridgehead atoms. The van der Waals surface area contributed by atoms with Crippen LogP contribution in [0.2, 0.25) is 0 Å². The number of guanidine groups is 1. The Bertz CT molecular complexity index is 806. The summed E-state index contributed by atoms with van der Waals surface area (Å²) < 4.78 is 55.3. The molecule has 2 aromatic carbocycles. The second-order valence-corrected chi connectivity index (χ2v) is 6.03. The minimum Gasteiger partial charge on any atom is -0.404 e. The van der Waals surface area contributed by atoms with Crippen molar-refractivity contribution in [2.24, 2.45) is 10.7 Å². The summed E-state index contributed by atoms with van der Waals surface area (Å²) in [5, 5.41) is 2.56. The minimum absolute atomic E-state index is 0.0172. The number of hydrogen-bond acceptors (Lipinski definition) is 3. The van der Waals surface area contributed by atoms with Crippen molar-refractivity contribution in [1.29, 1.82) is 0 Å². The monoisotopic (exact) mass is 384 g/mol. The number of nitrogens with two attached hydrogens (primary N) is 1. The van der Waals surface area contributed by atoms with Crippen molar-refractivity contribution in [1.82, 2.24) is 4.90 Å². The number of rotatable bonds is 6. The molecule has 0 aromatic heterocycles. The summed E-state index contributed by atoms with van der Waals surface area (Å²) in [7, 11) is 3.68. The molecule has 0 aliphatic heterocycles. The van der Waals surface area contributed by atoms with Crippen LogP contribution in [0.3, 0.4) is 0 Å². The highest BCUT2D eigenvalue weighted by molar-refractivity contribution is 5.93. The number of aliphatic imine (C=N–C) groups is 1. The summed E-state index contributed by atoms with van der Waals surface area (Å²) in [6, 6.07) is 10.2. The molecule has 0 saturated heterocycles. The Balaban J connectivity index is 2.06. The van der Waals surface area contributed by atoms with Gasteiger partial charge < -0.3 is 20.7 Å². The van der Waals surface area contributed by atoms with E-state index < -0.39 is 12.1 Å². The van der Waals surface area contributed by atoms with Gasteiger partial charge in [-0.2, -0.15) is 0 Å². The van der Waals surface area contributed by atoms with Crippen LogP contribution in [0.15, 0.2) is 47.5 Å². The summed E-state index contributed by atoms with van der Waals surface area (Å²) in [4.78, 5) is 5.87. The van der Waals surface area contributed by atoms with E-state index in [0.29, 0.717) is 17.7 Å². The molecular weight excluding hydrogens is 364 g/mol. The Morgan fingerprint density at radius 3 is 2.52 bits per heavy atom. The Morgan fingerprint density at radius 1 is 1.19 bits per heavy atom. The molecule has 0 fully saturated rings. The zero-order valence-corrected chi connectivity index (χ0v) is 14.8. The lowest BCUT2D eigenvalue weighted by atomic mass is 10.1. The summed E-state index contributed by atoms with van der Waals surface area (Å²) in [5.74, 6) is -0.903. The molecule has 5 nitrogen and oxygen atoms in total. The van der Waals surface area contributed by atoms with Crippen LogP contribution in [0, 0.1) is 5.82 Å². The molecule has 0 aliphatic rings. The van der Waals surface area contributed by atoms with Gasteiger partial charge in [-0.1, -0.05) is 24.3 Å². The van der Waals surface area contributed by atoms with E-state index in [1.54, 1.807) is 12.1 Å². The number of benzene rings is 2. The van der Waals surface area contributed by atoms with Crippen molar-refractivity contribution in [2.75, 3.05) is 19.4 Å². The van der Waals surface area contributed by atoms with Crippen LogP contribution >= 0.6 is 0 Å². The number of alkyl halides is 3. The quantitative estimate of drug-likeness (QED) is 0.453. The van der Waals surface area contributed by atoms with Crippen LogP contribution < -0.4 is 15.8 Å². The van der Waals surface area contributed by atoms with Crippen LogP contribution in [0.5, 0.6) is 5.75 Å². The summed E-state index contributed by atoms with van der Waals surface area (Å²) in [6.07, 6.45) is -4.82. The van der Waals surface area contributed by atoms with Gasteiger partial charge in [-0.25, -0.2) is 9.38 Å². The molecule has 27 heavy (non-hydrogen) atoms. The van der Waals surface area contributed by atoms with Crippen LogP contribution in [0.25, 0.3) is 0 Å². The van der Waals surface area contributed by atoms with Crippen molar-refractivity contribution in [3.63, 3.8) is 0 Å². The first kappa shape index (κ1) is 20.5. The van der Waals surface area contributed by atoms with Gasteiger partial charge in [0.15, 0.2) is 11.7 Å². The third kappa shape index (κ3) is 6.78. The number of nitrogens with zero attached hydrogens (tertiary/aromatic N) is 2. The van der Waals surface area contributed by atoms with Crippen molar-refractivity contribution in [3.05, 3.63) is 59.4 Å². The molecule has 0 radical (unpaired) electrons. The lowest BCUT2D eigenvalue weighted by molar-refractivity contribution is -0.274. The van der Waals surface area contributed by atoms with Gasteiger partial charge in [0.25, 0.3) is 0 Å². The lowest BCUT2D eigenvalue weighted by Crippen LogP contribution is -2.24. The fourth-order valence-electron chi connectivity index (χ4n) is 2.30. The van der Waals surface area contributed by atoms with E-state index in [4.69, 9.17) is 5.73 Å². The highest BCUT2D eigenvalue weighted by Crippen LogP contribution is 2.29. The van der Waals surface area contributed by atoms with Gasteiger partial charge in [-0.3, -0.25) is 0 Å². The maximum absolute atomic E-state index is 14.0. The fraction of sp³-hybridized carbons (Fsp3) is 0.278. The van der Waals surface area contributed by atoms with Gasteiger partial charge in [0, 0.05) is 12.1 Å². The van der Waals surface area contributed by atoms with Crippen LogP contribution in [0.1, 0.15) is 11.1 Å². The van der Waals surface area contributed by atoms with Gasteiger partial charge in [0.1, 0.15) is 5.82 Å². The maximum Gasteiger partial charge on any atom is 0.573 e. The number of hydrogen-bond donors (Lipinski definition) is 2. The number of halogens is 4. The smallest absolute Gasteiger partial charge is 0.404 e. The zero-order chi connectivity index (χ0) is 20.0. The van der Waals surface area contributed by atoms with E-state index in [-0.39, 0.29) is 24.0 Å². The lowest BCUT2D eigenvalue weighted by Gasteiger charge is -2.14. The molecule has 0 atom stereocenters. The fourth-order valence-corrected chi connectivity index (χ4v) is 2.30. The highest BCUT2D eigenvalue weighted by Gasteiger charge is 2.32. The van der Waals surface area contributed by atoms with E-state index >= 15 is 0 Å².